The monoisotopic (exact) mass is 183 g/mol. The molecule has 4 atom stereocenters. The van der Waals surface area contributed by atoms with E-state index in [1.165, 1.54) is 32.1 Å². The van der Waals surface area contributed by atoms with Gasteiger partial charge >= 0.3 is 0 Å². The molecule has 2 unspecified atom stereocenters. The van der Waals surface area contributed by atoms with Gasteiger partial charge in [0, 0.05) is 12.1 Å². The number of aliphatic hydroxyl groups is 1. The van der Waals surface area contributed by atoms with Gasteiger partial charge in [-0.2, -0.15) is 0 Å². The van der Waals surface area contributed by atoms with Crippen molar-refractivity contribution in [2.75, 3.05) is 0 Å². The van der Waals surface area contributed by atoms with E-state index in [1.54, 1.807) is 0 Å². The second-order valence-corrected chi connectivity index (χ2v) is 4.79. The van der Waals surface area contributed by atoms with Crippen LogP contribution in [0.2, 0.25) is 0 Å². The van der Waals surface area contributed by atoms with Gasteiger partial charge in [0.05, 0.1) is 6.10 Å². The van der Waals surface area contributed by atoms with Gasteiger partial charge in [-0.1, -0.05) is 13.3 Å². The lowest BCUT2D eigenvalue weighted by Crippen LogP contribution is -2.43. The molecular weight excluding hydrogens is 162 g/mol. The summed E-state index contributed by atoms with van der Waals surface area (Å²) >= 11 is 0. The van der Waals surface area contributed by atoms with Gasteiger partial charge in [0.2, 0.25) is 0 Å². The fourth-order valence-corrected chi connectivity index (χ4v) is 2.80. The van der Waals surface area contributed by atoms with Gasteiger partial charge in [-0.15, -0.1) is 0 Å². The van der Waals surface area contributed by atoms with Crippen molar-refractivity contribution in [3.05, 3.63) is 0 Å². The molecule has 2 rings (SSSR count). The van der Waals surface area contributed by atoms with E-state index in [-0.39, 0.29) is 6.10 Å². The highest BCUT2D eigenvalue weighted by Crippen LogP contribution is 2.27. The Hall–Kier alpha value is -0.0800. The van der Waals surface area contributed by atoms with Crippen LogP contribution < -0.4 is 5.32 Å². The molecule has 2 nitrogen and oxygen atoms in total. The summed E-state index contributed by atoms with van der Waals surface area (Å²) in [6.07, 6.45) is 7.32. The largest absolute Gasteiger partial charge is 0.392 e. The first kappa shape index (κ1) is 9.47. The summed E-state index contributed by atoms with van der Waals surface area (Å²) in [6, 6.07) is 1.07. The van der Waals surface area contributed by atoms with Crippen molar-refractivity contribution in [2.45, 2.75) is 63.6 Å². The molecule has 2 fully saturated rings. The van der Waals surface area contributed by atoms with Crippen molar-refractivity contribution in [1.29, 1.82) is 0 Å². The molecule has 0 aromatic carbocycles. The van der Waals surface area contributed by atoms with Gasteiger partial charge in [-0.25, -0.2) is 0 Å². The van der Waals surface area contributed by atoms with Crippen LogP contribution in [0.15, 0.2) is 0 Å². The molecule has 76 valence electrons. The van der Waals surface area contributed by atoms with Crippen LogP contribution in [0.5, 0.6) is 0 Å². The van der Waals surface area contributed by atoms with E-state index >= 15 is 0 Å². The standard InChI is InChI=1S/C11H21NO/c1-8-4-2-5-9(8)12-10-6-3-7-11(10)13/h8-13H,2-7H2,1H3/t8?,9?,10-,11-/m0/s1. The minimum Gasteiger partial charge on any atom is -0.392 e. The van der Waals surface area contributed by atoms with Gasteiger partial charge in [0.1, 0.15) is 0 Å². The zero-order chi connectivity index (χ0) is 9.26. The summed E-state index contributed by atoms with van der Waals surface area (Å²) < 4.78 is 0. The molecule has 2 aliphatic rings. The van der Waals surface area contributed by atoms with Crippen molar-refractivity contribution in [3.63, 3.8) is 0 Å². The Morgan fingerprint density at radius 3 is 2.23 bits per heavy atom. The van der Waals surface area contributed by atoms with Crippen molar-refractivity contribution < 1.29 is 5.11 Å². The average Bonchev–Trinajstić information content (AvgIpc) is 2.65. The predicted octanol–water partition coefficient (Wildman–Crippen LogP) is 1.68. The Morgan fingerprint density at radius 2 is 1.69 bits per heavy atom. The lowest BCUT2D eigenvalue weighted by molar-refractivity contribution is 0.139. The molecule has 13 heavy (non-hydrogen) atoms. The summed E-state index contributed by atoms with van der Waals surface area (Å²) in [4.78, 5) is 0. The maximum Gasteiger partial charge on any atom is 0.0693 e. The molecule has 0 spiro atoms. The van der Waals surface area contributed by atoms with Gasteiger partial charge in [-0.3, -0.25) is 0 Å². The topological polar surface area (TPSA) is 32.3 Å². The Balaban J connectivity index is 1.82. The minimum atomic E-state index is -0.0761. The van der Waals surface area contributed by atoms with E-state index < -0.39 is 0 Å². The summed E-state index contributed by atoms with van der Waals surface area (Å²) in [5, 5.41) is 13.3. The number of hydrogen-bond acceptors (Lipinski definition) is 2. The first-order valence-electron chi connectivity index (χ1n) is 5.71. The summed E-state index contributed by atoms with van der Waals surface area (Å²) in [7, 11) is 0. The fraction of sp³-hybridized carbons (Fsp3) is 1.00. The smallest absolute Gasteiger partial charge is 0.0693 e. The Bertz CT molecular complexity index is 153. The lowest BCUT2D eigenvalue weighted by atomic mass is 10.0. The van der Waals surface area contributed by atoms with Crippen LogP contribution in [0.3, 0.4) is 0 Å². The van der Waals surface area contributed by atoms with Crippen molar-refractivity contribution in [1.82, 2.24) is 5.32 Å². The van der Waals surface area contributed by atoms with Crippen LogP contribution in [0.1, 0.15) is 45.4 Å². The zero-order valence-electron chi connectivity index (χ0n) is 8.50. The second kappa shape index (κ2) is 3.97. The second-order valence-electron chi connectivity index (χ2n) is 4.79. The van der Waals surface area contributed by atoms with E-state index in [0.717, 1.165) is 12.3 Å². The summed E-state index contributed by atoms with van der Waals surface area (Å²) in [6.45, 7) is 2.33. The van der Waals surface area contributed by atoms with Crippen LogP contribution in [-0.4, -0.2) is 23.3 Å². The molecule has 0 aromatic rings. The molecule has 0 aromatic heterocycles. The molecule has 0 bridgehead atoms. The molecule has 2 saturated carbocycles. The van der Waals surface area contributed by atoms with Gasteiger partial charge in [0.25, 0.3) is 0 Å². The fourth-order valence-electron chi connectivity index (χ4n) is 2.80. The molecule has 0 heterocycles. The third-order valence-electron chi connectivity index (χ3n) is 3.77. The van der Waals surface area contributed by atoms with Crippen LogP contribution in [0.25, 0.3) is 0 Å². The number of nitrogens with one attached hydrogen (secondary N) is 1. The molecule has 0 aliphatic heterocycles. The first-order chi connectivity index (χ1) is 6.27. The average molecular weight is 183 g/mol. The highest BCUT2D eigenvalue weighted by molar-refractivity contribution is 4.89. The predicted molar refractivity (Wildman–Crippen MR) is 53.6 cm³/mol. The lowest BCUT2D eigenvalue weighted by Gasteiger charge is -2.24. The summed E-state index contributed by atoms with van der Waals surface area (Å²) in [5.74, 6) is 0.813. The van der Waals surface area contributed by atoms with E-state index in [4.69, 9.17) is 0 Å². The first-order valence-corrected chi connectivity index (χ1v) is 5.71. The van der Waals surface area contributed by atoms with Crippen LogP contribution in [-0.2, 0) is 0 Å². The zero-order valence-corrected chi connectivity index (χ0v) is 8.50. The Kier molecular flexibility index (Phi) is 2.89. The van der Waals surface area contributed by atoms with Crippen molar-refractivity contribution in [2.24, 2.45) is 5.92 Å². The number of rotatable bonds is 2. The van der Waals surface area contributed by atoms with Crippen LogP contribution >= 0.6 is 0 Å². The normalized spacial score (nSPS) is 45.7. The molecule has 2 heteroatoms. The highest BCUT2D eigenvalue weighted by atomic mass is 16.3. The molecule has 0 radical (unpaired) electrons. The van der Waals surface area contributed by atoms with Crippen molar-refractivity contribution in [3.8, 4) is 0 Å². The number of aliphatic hydroxyl groups excluding tert-OH is 1. The quantitative estimate of drug-likeness (QED) is 0.682. The SMILES string of the molecule is CC1CCCC1N[C@H]1CCC[C@@H]1O. The van der Waals surface area contributed by atoms with Gasteiger partial charge < -0.3 is 10.4 Å². The number of hydrogen-bond donors (Lipinski definition) is 2. The highest BCUT2D eigenvalue weighted by Gasteiger charge is 2.30. The van der Waals surface area contributed by atoms with E-state index in [1.807, 2.05) is 0 Å². The van der Waals surface area contributed by atoms with Crippen molar-refractivity contribution >= 4 is 0 Å². The van der Waals surface area contributed by atoms with Crippen LogP contribution in [0.4, 0.5) is 0 Å². The maximum absolute atomic E-state index is 9.67. The van der Waals surface area contributed by atoms with E-state index in [0.29, 0.717) is 12.1 Å². The van der Waals surface area contributed by atoms with E-state index in [2.05, 4.69) is 12.2 Å². The molecular formula is C11H21NO. The molecule has 0 saturated heterocycles. The summed E-state index contributed by atoms with van der Waals surface area (Å²) in [5.41, 5.74) is 0. The molecule has 0 amide bonds. The Morgan fingerprint density at radius 1 is 1.00 bits per heavy atom. The third-order valence-corrected chi connectivity index (χ3v) is 3.77. The van der Waals surface area contributed by atoms with Gasteiger partial charge in [-0.05, 0) is 38.0 Å². The molecule has 2 N–H and O–H groups in total. The molecule has 2 aliphatic carbocycles. The van der Waals surface area contributed by atoms with E-state index in [9.17, 15) is 5.11 Å². The van der Waals surface area contributed by atoms with Crippen LogP contribution in [0, 0.1) is 5.92 Å². The minimum absolute atomic E-state index is 0.0761. The Labute approximate surface area is 80.7 Å². The van der Waals surface area contributed by atoms with Gasteiger partial charge in [0.15, 0.2) is 0 Å². The maximum atomic E-state index is 9.67. The third kappa shape index (κ3) is 2.05.